The van der Waals surface area contributed by atoms with Crippen molar-refractivity contribution in [3.8, 4) is 0 Å². The van der Waals surface area contributed by atoms with E-state index in [1.807, 2.05) is 0 Å². The first-order chi connectivity index (χ1) is 8.61. The second-order valence-corrected chi connectivity index (χ2v) is 5.40. The molecule has 0 spiro atoms. The summed E-state index contributed by atoms with van der Waals surface area (Å²) in [5, 5.41) is 28.9. The minimum absolute atomic E-state index is 0.0776. The van der Waals surface area contributed by atoms with Crippen LogP contribution in [0.25, 0.3) is 0 Å². The van der Waals surface area contributed by atoms with Gasteiger partial charge in [0.15, 0.2) is 0 Å². The van der Waals surface area contributed by atoms with Crippen molar-refractivity contribution in [2.75, 3.05) is 53.0 Å². The quantitative estimate of drug-likeness (QED) is 0.543. The zero-order valence-corrected chi connectivity index (χ0v) is 10.9. The average Bonchev–Trinajstić information content (AvgIpc) is 2.38. The molecule has 0 aromatic carbocycles. The van der Waals surface area contributed by atoms with Gasteiger partial charge >= 0.3 is 0 Å². The predicted octanol–water partition coefficient (Wildman–Crippen LogP) is -2.04. The molecule has 0 aromatic rings. The fourth-order valence-electron chi connectivity index (χ4n) is 2.63. The van der Waals surface area contributed by atoms with Crippen molar-refractivity contribution in [1.82, 2.24) is 9.80 Å². The normalized spacial score (nSPS) is 40.0. The van der Waals surface area contributed by atoms with Crippen LogP contribution in [0.1, 0.15) is 0 Å². The Labute approximate surface area is 108 Å². The molecule has 2 saturated heterocycles. The number of hydrogen-bond donors (Lipinski definition) is 3. The molecule has 0 unspecified atom stereocenters. The van der Waals surface area contributed by atoms with E-state index in [0.717, 1.165) is 32.7 Å². The van der Waals surface area contributed by atoms with Crippen LogP contribution in [-0.2, 0) is 4.74 Å². The molecule has 106 valence electrons. The first-order valence-electron chi connectivity index (χ1n) is 6.61. The summed E-state index contributed by atoms with van der Waals surface area (Å²) in [5.41, 5.74) is 0. The first-order valence-corrected chi connectivity index (χ1v) is 6.61. The highest BCUT2D eigenvalue weighted by atomic mass is 16.5. The summed E-state index contributed by atoms with van der Waals surface area (Å²) < 4.78 is 5.39. The Balaban J connectivity index is 1.83. The fourth-order valence-corrected chi connectivity index (χ4v) is 2.63. The molecule has 0 amide bonds. The van der Waals surface area contributed by atoms with Crippen molar-refractivity contribution in [1.29, 1.82) is 0 Å². The van der Waals surface area contributed by atoms with E-state index in [-0.39, 0.29) is 12.5 Å². The Morgan fingerprint density at radius 2 is 1.78 bits per heavy atom. The first kappa shape index (κ1) is 14.2. The van der Waals surface area contributed by atoms with Crippen LogP contribution in [0.3, 0.4) is 0 Å². The van der Waals surface area contributed by atoms with Crippen molar-refractivity contribution in [2.45, 2.75) is 18.3 Å². The number of ether oxygens (including phenoxy) is 1. The molecule has 2 heterocycles. The van der Waals surface area contributed by atoms with E-state index in [0.29, 0.717) is 6.61 Å². The maximum absolute atomic E-state index is 10.0. The molecule has 2 aliphatic rings. The average molecular weight is 260 g/mol. The summed E-state index contributed by atoms with van der Waals surface area (Å²) in [6.07, 6.45) is -2.44. The number of hydrogen-bond acceptors (Lipinski definition) is 6. The standard InChI is InChI=1S/C12H24N2O4/c1-13-2-4-14(5-3-13)6-9-8-18-10(7-15)12(17)11(9)16/h9-12,15-17H,2-8H2,1H3/t9-,10-,11-,12+/m1/s1. The van der Waals surface area contributed by atoms with Gasteiger partial charge < -0.3 is 29.9 Å². The van der Waals surface area contributed by atoms with Gasteiger partial charge in [0, 0.05) is 38.6 Å². The lowest BCUT2D eigenvalue weighted by atomic mass is 9.92. The highest BCUT2D eigenvalue weighted by Crippen LogP contribution is 2.21. The van der Waals surface area contributed by atoms with Crippen LogP contribution in [-0.4, -0.2) is 96.4 Å². The Morgan fingerprint density at radius 1 is 1.11 bits per heavy atom. The van der Waals surface area contributed by atoms with Crippen LogP contribution in [0.15, 0.2) is 0 Å². The van der Waals surface area contributed by atoms with Gasteiger partial charge in [-0.3, -0.25) is 0 Å². The lowest BCUT2D eigenvalue weighted by Gasteiger charge is -2.40. The molecule has 6 heteroatoms. The lowest BCUT2D eigenvalue weighted by Crippen LogP contribution is -2.55. The van der Waals surface area contributed by atoms with Crippen LogP contribution in [0.5, 0.6) is 0 Å². The molecule has 3 N–H and O–H groups in total. The maximum atomic E-state index is 10.0. The maximum Gasteiger partial charge on any atom is 0.109 e. The van der Waals surface area contributed by atoms with Crippen LogP contribution < -0.4 is 0 Å². The third-order valence-corrected chi connectivity index (χ3v) is 4.01. The predicted molar refractivity (Wildman–Crippen MR) is 66.3 cm³/mol. The molecular formula is C12H24N2O4. The van der Waals surface area contributed by atoms with E-state index in [2.05, 4.69) is 16.8 Å². The number of aliphatic hydroxyl groups excluding tert-OH is 3. The zero-order chi connectivity index (χ0) is 13.1. The summed E-state index contributed by atoms with van der Waals surface area (Å²) in [7, 11) is 2.10. The molecule has 0 aromatic heterocycles. The molecule has 2 fully saturated rings. The Morgan fingerprint density at radius 3 is 2.39 bits per heavy atom. The van der Waals surface area contributed by atoms with Crippen LogP contribution in [0, 0.1) is 5.92 Å². The highest BCUT2D eigenvalue weighted by Gasteiger charge is 2.38. The van der Waals surface area contributed by atoms with E-state index in [1.54, 1.807) is 0 Å². The van der Waals surface area contributed by atoms with E-state index in [9.17, 15) is 10.2 Å². The van der Waals surface area contributed by atoms with Crippen molar-refractivity contribution in [2.24, 2.45) is 5.92 Å². The third kappa shape index (κ3) is 3.20. The van der Waals surface area contributed by atoms with Gasteiger partial charge in [0.2, 0.25) is 0 Å². The minimum Gasteiger partial charge on any atom is -0.394 e. The van der Waals surface area contributed by atoms with Crippen molar-refractivity contribution in [3.05, 3.63) is 0 Å². The second kappa shape index (κ2) is 6.27. The number of aliphatic hydroxyl groups is 3. The highest BCUT2D eigenvalue weighted by molar-refractivity contribution is 4.88. The number of rotatable bonds is 3. The van der Waals surface area contributed by atoms with Gasteiger partial charge in [-0.25, -0.2) is 0 Å². The molecule has 18 heavy (non-hydrogen) atoms. The van der Waals surface area contributed by atoms with Gasteiger partial charge in [0.1, 0.15) is 12.2 Å². The van der Waals surface area contributed by atoms with Crippen molar-refractivity contribution >= 4 is 0 Å². The van der Waals surface area contributed by atoms with Crippen molar-refractivity contribution in [3.63, 3.8) is 0 Å². The summed E-state index contributed by atoms with van der Waals surface area (Å²) in [6.45, 7) is 4.93. The third-order valence-electron chi connectivity index (χ3n) is 4.01. The number of likely N-dealkylation sites (N-methyl/N-ethyl adjacent to an activating group) is 1. The molecule has 4 atom stereocenters. The van der Waals surface area contributed by atoms with Gasteiger partial charge in [-0.15, -0.1) is 0 Å². The smallest absolute Gasteiger partial charge is 0.109 e. The molecule has 0 radical (unpaired) electrons. The molecule has 0 bridgehead atoms. The SMILES string of the molecule is CN1CCN(C[C@@H]2CO[C@H](CO)[C@H](O)[C@@H]2O)CC1. The summed E-state index contributed by atoms with van der Waals surface area (Å²) >= 11 is 0. The molecule has 0 aliphatic carbocycles. The van der Waals surface area contributed by atoms with Gasteiger partial charge in [-0.05, 0) is 7.05 Å². The van der Waals surface area contributed by atoms with Crippen LogP contribution in [0.4, 0.5) is 0 Å². The molecule has 2 rings (SSSR count). The summed E-state index contributed by atoms with van der Waals surface area (Å²) in [5.74, 6) is -0.0776. The number of nitrogens with zero attached hydrogens (tertiary/aromatic N) is 2. The Bertz CT molecular complexity index is 258. The van der Waals surface area contributed by atoms with E-state index < -0.39 is 18.3 Å². The Kier molecular flexibility index (Phi) is 4.94. The van der Waals surface area contributed by atoms with Crippen LogP contribution in [0.2, 0.25) is 0 Å². The van der Waals surface area contributed by atoms with E-state index >= 15 is 0 Å². The molecule has 0 saturated carbocycles. The molecule has 6 nitrogen and oxygen atoms in total. The summed E-state index contributed by atoms with van der Waals surface area (Å²) in [6, 6.07) is 0. The van der Waals surface area contributed by atoms with Gasteiger partial charge in [-0.1, -0.05) is 0 Å². The fraction of sp³-hybridized carbons (Fsp3) is 1.00. The van der Waals surface area contributed by atoms with Crippen molar-refractivity contribution < 1.29 is 20.1 Å². The van der Waals surface area contributed by atoms with Gasteiger partial charge in [0.05, 0.1) is 19.3 Å². The molecule has 2 aliphatic heterocycles. The minimum atomic E-state index is -0.985. The number of piperazine rings is 1. The largest absolute Gasteiger partial charge is 0.394 e. The Hall–Kier alpha value is -0.240. The van der Waals surface area contributed by atoms with Crippen LogP contribution >= 0.6 is 0 Å². The molecular weight excluding hydrogens is 236 g/mol. The van der Waals surface area contributed by atoms with Gasteiger partial charge in [-0.2, -0.15) is 0 Å². The summed E-state index contributed by atoms with van der Waals surface area (Å²) in [4.78, 5) is 4.57. The lowest BCUT2D eigenvalue weighted by molar-refractivity contribution is -0.178. The second-order valence-electron chi connectivity index (χ2n) is 5.40. The van der Waals surface area contributed by atoms with Gasteiger partial charge in [0.25, 0.3) is 0 Å². The zero-order valence-electron chi connectivity index (χ0n) is 10.9. The monoisotopic (exact) mass is 260 g/mol. The van der Waals surface area contributed by atoms with E-state index in [1.165, 1.54) is 0 Å². The topological polar surface area (TPSA) is 76.4 Å². The van der Waals surface area contributed by atoms with E-state index in [4.69, 9.17) is 9.84 Å².